The highest BCUT2D eigenvalue weighted by atomic mass is 19.1. The lowest BCUT2D eigenvalue weighted by atomic mass is 9.79. The summed E-state index contributed by atoms with van der Waals surface area (Å²) >= 11 is 0. The predicted octanol–water partition coefficient (Wildman–Crippen LogP) is 1.37. The fourth-order valence-corrected chi connectivity index (χ4v) is 1.98. The van der Waals surface area contributed by atoms with Gasteiger partial charge < -0.3 is 10.0 Å². The highest BCUT2D eigenvalue weighted by Gasteiger charge is 2.24. The molecule has 0 radical (unpaired) electrons. The van der Waals surface area contributed by atoms with Gasteiger partial charge in [-0.15, -0.1) is 0 Å². The Balaban J connectivity index is 2.86. The van der Waals surface area contributed by atoms with Crippen LogP contribution in [-0.2, 0) is 6.54 Å². The molecule has 1 unspecified atom stereocenters. The molecule has 2 N–H and O–H groups in total. The Morgan fingerprint density at radius 1 is 1.32 bits per heavy atom. The van der Waals surface area contributed by atoms with Gasteiger partial charge in [0.05, 0.1) is 0 Å². The normalized spacial score (nSPS) is 13.7. The van der Waals surface area contributed by atoms with Crippen LogP contribution in [0.25, 0.3) is 0 Å². The van der Waals surface area contributed by atoms with Gasteiger partial charge in [0.1, 0.15) is 5.82 Å². The van der Waals surface area contributed by atoms with Crippen LogP contribution in [0.4, 0.5) is 4.39 Å². The van der Waals surface area contributed by atoms with E-state index in [4.69, 9.17) is 10.0 Å². The van der Waals surface area contributed by atoms with Gasteiger partial charge in [0.2, 0.25) is 0 Å². The minimum absolute atomic E-state index is 0.0747. The van der Waals surface area contributed by atoms with Crippen molar-refractivity contribution in [3.8, 4) is 0 Å². The van der Waals surface area contributed by atoms with Crippen LogP contribution in [0.2, 0.25) is 0 Å². The van der Waals surface area contributed by atoms with Gasteiger partial charge >= 0.3 is 7.12 Å². The molecule has 0 amide bonds. The molecule has 0 aliphatic carbocycles. The third-order valence-electron chi connectivity index (χ3n) is 3.69. The first-order valence-corrected chi connectivity index (χ1v) is 6.47. The van der Waals surface area contributed by atoms with Crippen LogP contribution in [0, 0.1) is 11.2 Å². The fourth-order valence-electron chi connectivity index (χ4n) is 1.98. The maximum Gasteiger partial charge on any atom is 0.491 e. The first-order chi connectivity index (χ1) is 8.62. The van der Waals surface area contributed by atoms with Crippen molar-refractivity contribution in [2.45, 2.75) is 40.3 Å². The summed E-state index contributed by atoms with van der Waals surface area (Å²) < 4.78 is 13.4. The third-order valence-corrected chi connectivity index (χ3v) is 3.69. The Labute approximate surface area is 115 Å². The average molecular weight is 267 g/mol. The van der Waals surface area contributed by atoms with E-state index in [2.05, 4.69) is 32.6 Å². The first-order valence-electron chi connectivity index (χ1n) is 6.47. The van der Waals surface area contributed by atoms with E-state index in [9.17, 15) is 4.39 Å². The summed E-state index contributed by atoms with van der Waals surface area (Å²) in [5.41, 5.74) is 0.936. The molecule has 1 rings (SSSR count). The minimum atomic E-state index is -1.77. The molecule has 1 atom stereocenters. The van der Waals surface area contributed by atoms with Crippen LogP contribution < -0.4 is 5.46 Å². The van der Waals surface area contributed by atoms with E-state index in [1.54, 1.807) is 6.07 Å². The Hall–Kier alpha value is -0.905. The molecule has 0 aliphatic rings. The van der Waals surface area contributed by atoms with E-state index >= 15 is 0 Å². The minimum Gasteiger partial charge on any atom is -0.423 e. The molecule has 5 heteroatoms. The molecule has 0 bridgehead atoms. The van der Waals surface area contributed by atoms with E-state index in [0.717, 1.165) is 5.56 Å². The van der Waals surface area contributed by atoms with Gasteiger partial charge in [0.25, 0.3) is 0 Å². The van der Waals surface area contributed by atoms with Crippen molar-refractivity contribution in [2.75, 3.05) is 7.05 Å². The zero-order valence-electron chi connectivity index (χ0n) is 12.3. The van der Waals surface area contributed by atoms with Crippen molar-refractivity contribution >= 4 is 12.6 Å². The quantitative estimate of drug-likeness (QED) is 0.810. The van der Waals surface area contributed by atoms with Crippen molar-refractivity contribution < 1.29 is 14.4 Å². The van der Waals surface area contributed by atoms with Crippen LogP contribution in [0.1, 0.15) is 33.3 Å². The molecule has 1 aromatic carbocycles. The maximum absolute atomic E-state index is 13.4. The van der Waals surface area contributed by atoms with Crippen molar-refractivity contribution in [1.82, 2.24) is 4.90 Å². The van der Waals surface area contributed by atoms with E-state index in [1.807, 2.05) is 7.05 Å². The molecule has 0 aliphatic heterocycles. The first kappa shape index (κ1) is 16.2. The van der Waals surface area contributed by atoms with E-state index in [-0.39, 0.29) is 10.9 Å². The maximum atomic E-state index is 13.4. The lowest BCUT2D eigenvalue weighted by molar-refractivity contribution is 0.134. The number of hydrogen-bond donors (Lipinski definition) is 2. The largest absolute Gasteiger partial charge is 0.491 e. The summed E-state index contributed by atoms with van der Waals surface area (Å²) in [6.07, 6.45) is 0. The monoisotopic (exact) mass is 267 g/mol. The molecule has 0 aromatic heterocycles. The summed E-state index contributed by atoms with van der Waals surface area (Å²) in [6.45, 7) is 9.29. The van der Waals surface area contributed by atoms with Gasteiger partial charge in [-0.25, -0.2) is 4.39 Å². The summed E-state index contributed by atoms with van der Waals surface area (Å²) in [5.74, 6) is -0.592. The smallest absolute Gasteiger partial charge is 0.423 e. The number of halogens is 1. The van der Waals surface area contributed by atoms with Crippen LogP contribution in [0.5, 0.6) is 0 Å². The summed E-state index contributed by atoms with van der Waals surface area (Å²) in [4.78, 5) is 2.17. The Morgan fingerprint density at radius 3 is 2.37 bits per heavy atom. The molecular formula is C14H23BFNO2. The second-order valence-corrected chi connectivity index (χ2v) is 6.19. The molecule has 0 saturated carbocycles. The van der Waals surface area contributed by atoms with E-state index in [1.165, 1.54) is 12.1 Å². The van der Waals surface area contributed by atoms with Crippen LogP contribution in [0.3, 0.4) is 0 Å². The van der Waals surface area contributed by atoms with Crippen LogP contribution in [0.15, 0.2) is 18.2 Å². The molecule has 0 fully saturated rings. The zero-order chi connectivity index (χ0) is 14.8. The van der Waals surface area contributed by atoms with Gasteiger partial charge in [-0.3, -0.25) is 4.90 Å². The Kier molecular flexibility index (Phi) is 5.13. The molecule has 19 heavy (non-hydrogen) atoms. The van der Waals surface area contributed by atoms with Crippen molar-refractivity contribution in [1.29, 1.82) is 0 Å². The predicted molar refractivity (Wildman–Crippen MR) is 76.6 cm³/mol. The Bertz CT molecular complexity index is 432. The second-order valence-electron chi connectivity index (χ2n) is 6.19. The zero-order valence-corrected chi connectivity index (χ0v) is 12.3. The van der Waals surface area contributed by atoms with Crippen LogP contribution in [-0.4, -0.2) is 35.2 Å². The van der Waals surface area contributed by atoms with Gasteiger partial charge in [-0.1, -0.05) is 32.9 Å². The molecule has 0 heterocycles. The highest BCUT2D eigenvalue weighted by molar-refractivity contribution is 6.58. The summed E-state index contributed by atoms with van der Waals surface area (Å²) in [7, 11) is 0.235. The van der Waals surface area contributed by atoms with Crippen molar-refractivity contribution in [3.05, 3.63) is 29.6 Å². The topological polar surface area (TPSA) is 43.7 Å². The lowest BCUT2D eigenvalue weighted by Gasteiger charge is -2.35. The third kappa shape index (κ3) is 4.30. The van der Waals surface area contributed by atoms with Gasteiger partial charge in [0.15, 0.2) is 0 Å². The van der Waals surface area contributed by atoms with Gasteiger partial charge in [-0.05, 0) is 31.0 Å². The van der Waals surface area contributed by atoms with E-state index < -0.39 is 12.9 Å². The number of benzene rings is 1. The van der Waals surface area contributed by atoms with Crippen molar-refractivity contribution in [3.63, 3.8) is 0 Å². The lowest BCUT2D eigenvalue weighted by Crippen LogP contribution is -2.39. The van der Waals surface area contributed by atoms with Crippen LogP contribution >= 0.6 is 0 Å². The average Bonchev–Trinajstić information content (AvgIpc) is 2.29. The number of rotatable bonds is 4. The number of hydrogen-bond acceptors (Lipinski definition) is 3. The second kappa shape index (κ2) is 6.03. The van der Waals surface area contributed by atoms with Gasteiger partial charge in [0, 0.05) is 18.0 Å². The molecule has 1 aromatic rings. The fraction of sp³-hybridized carbons (Fsp3) is 0.571. The summed E-state index contributed by atoms with van der Waals surface area (Å²) in [5, 5.41) is 18.2. The molecule has 3 nitrogen and oxygen atoms in total. The SMILES string of the molecule is CC(N(C)Cc1ccc(F)c(B(O)O)c1)C(C)(C)C. The summed E-state index contributed by atoms with van der Waals surface area (Å²) in [6, 6.07) is 4.80. The molecule has 0 saturated heterocycles. The van der Waals surface area contributed by atoms with E-state index in [0.29, 0.717) is 12.6 Å². The number of nitrogens with zero attached hydrogens (tertiary/aromatic N) is 1. The molecule has 106 valence electrons. The molecule has 0 spiro atoms. The highest BCUT2D eigenvalue weighted by Crippen LogP contribution is 2.24. The Morgan fingerprint density at radius 2 is 1.89 bits per heavy atom. The van der Waals surface area contributed by atoms with Crippen molar-refractivity contribution in [2.24, 2.45) is 5.41 Å². The standard InChI is InChI=1S/C14H23BFNO2/c1-10(14(2,3)4)17(5)9-11-6-7-13(16)12(8-11)15(18)19/h6-8,10,18-19H,9H2,1-5H3. The van der Waals surface area contributed by atoms with Gasteiger partial charge in [-0.2, -0.15) is 0 Å². The molecular weight excluding hydrogens is 244 g/mol.